The molecule has 3 nitrogen and oxygen atoms in total. The van der Waals surface area contributed by atoms with Crippen molar-refractivity contribution in [3.8, 4) is 5.69 Å². The van der Waals surface area contributed by atoms with Gasteiger partial charge in [-0.3, -0.25) is 4.90 Å². The number of para-hydroxylation sites is 1. The van der Waals surface area contributed by atoms with Crippen LogP contribution in [0.1, 0.15) is 30.0 Å². The van der Waals surface area contributed by atoms with Crippen LogP contribution in [0.4, 0.5) is 0 Å². The van der Waals surface area contributed by atoms with E-state index >= 15 is 0 Å². The smallest absolute Gasteiger partial charge is 0.0645 e. The van der Waals surface area contributed by atoms with Gasteiger partial charge in [0.1, 0.15) is 0 Å². The summed E-state index contributed by atoms with van der Waals surface area (Å²) < 4.78 is 1.96. The Bertz CT molecular complexity index is 749. The van der Waals surface area contributed by atoms with E-state index in [1.54, 1.807) is 0 Å². The van der Waals surface area contributed by atoms with E-state index in [0.717, 1.165) is 18.8 Å². The van der Waals surface area contributed by atoms with Crippen LogP contribution < -0.4 is 0 Å². The van der Waals surface area contributed by atoms with Crippen molar-refractivity contribution in [1.29, 1.82) is 0 Å². The van der Waals surface area contributed by atoms with Crippen LogP contribution in [0.15, 0.2) is 73.1 Å². The second kappa shape index (κ2) is 6.39. The van der Waals surface area contributed by atoms with E-state index in [4.69, 9.17) is 0 Å². The lowest BCUT2D eigenvalue weighted by molar-refractivity contribution is 0.248. The first-order valence-corrected chi connectivity index (χ1v) is 8.28. The van der Waals surface area contributed by atoms with Crippen LogP contribution in [0.2, 0.25) is 0 Å². The molecule has 116 valence electrons. The van der Waals surface area contributed by atoms with Crippen LogP contribution in [0.25, 0.3) is 5.69 Å². The van der Waals surface area contributed by atoms with Gasteiger partial charge in [-0.2, -0.15) is 5.10 Å². The van der Waals surface area contributed by atoms with Crippen molar-refractivity contribution >= 4 is 0 Å². The maximum absolute atomic E-state index is 4.52. The maximum Gasteiger partial charge on any atom is 0.0645 e. The van der Waals surface area contributed by atoms with Gasteiger partial charge in [0.2, 0.25) is 0 Å². The third-order valence-corrected chi connectivity index (χ3v) is 4.59. The Morgan fingerprint density at radius 1 is 0.957 bits per heavy atom. The minimum Gasteiger partial charge on any atom is -0.292 e. The number of nitrogens with zero attached hydrogens (tertiary/aromatic N) is 3. The largest absolute Gasteiger partial charge is 0.292 e. The van der Waals surface area contributed by atoms with E-state index in [1.807, 2.05) is 29.1 Å². The third-order valence-electron chi connectivity index (χ3n) is 4.59. The molecule has 4 rings (SSSR count). The number of rotatable bonds is 4. The predicted octanol–water partition coefficient (Wildman–Crippen LogP) is 4.21. The molecule has 1 fully saturated rings. The molecule has 0 aliphatic carbocycles. The molecule has 0 amide bonds. The fourth-order valence-corrected chi connectivity index (χ4v) is 3.47. The Hall–Kier alpha value is -2.39. The molecule has 0 radical (unpaired) electrons. The molecule has 3 heteroatoms. The molecule has 3 aromatic rings. The Morgan fingerprint density at radius 2 is 1.70 bits per heavy atom. The van der Waals surface area contributed by atoms with Crippen LogP contribution >= 0.6 is 0 Å². The summed E-state index contributed by atoms with van der Waals surface area (Å²) in [5, 5.41) is 4.52. The predicted molar refractivity (Wildman–Crippen MR) is 92.4 cm³/mol. The lowest BCUT2D eigenvalue weighted by Gasteiger charge is -2.24. The van der Waals surface area contributed by atoms with E-state index < -0.39 is 0 Å². The van der Waals surface area contributed by atoms with Crippen molar-refractivity contribution in [2.24, 2.45) is 0 Å². The van der Waals surface area contributed by atoms with Gasteiger partial charge in [0.15, 0.2) is 0 Å². The maximum atomic E-state index is 4.52. The van der Waals surface area contributed by atoms with E-state index in [9.17, 15) is 0 Å². The summed E-state index contributed by atoms with van der Waals surface area (Å²) in [6.45, 7) is 2.13. The van der Waals surface area contributed by atoms with Gasteiger partial charge in [0.25, 0.3) is 0 Å². The van der Waals surface area contributed by atoms with E-state index in [2.05, 4.69) is 58.7 Å². The molecular weight excluding hydrogens is 282 g/mol. The summed E-state index contributed by atoms with van der Waals surface area (Å²) in [6, 6.07) is 21.7. The molecule has 1 atom stereocenters. The molecule has 0 spiro atoms. The minimum atomic E-state index is 0.538. The third kappa shape index (κ3) is 3.06. The number of hydrogen-bond acceptors (Lipinski definition) is 2. The van der Waals surface area contributed by atoms with Gasteiger partial charge in [0.05, 0.1) is 11.9 Å². The first kappa shape index (κ1) is 14.2. The van der Waals surface area contributed by atoms with Crippen LogP contribution in [-0.2, 0) is 6.54 Å². The van der Waals surface area contributed by atoms with E-state index in [-0.39, 0.29) is 0 Å². The molecule has 1 aliphatic rings. The van der Waals surface area contributed by atoms with Gasteiger partial charge in [-0.25, -0.2) is 4.68 Å². The second-order valence-corrected chi connectivity index (χ2v) is 6.17. The Balaban J connectivity index is 1.51. The Morgan fingerprint density at radius 3 is 2.48 bits per heavy atom. The van der Waals surface area contributed by atoms with Crippen molar-refractivity contribution in [2.45, 2.75) is 25.4 Å². The average molecular weight is 303 g/mol. The topological polar surface area (TPSA) is 21.1 Å². The number of benzene rings is 2. The molecule has 0 saturated carbocycles. The monoisotopic (exact) mass is 303 g/mol. The molecule has 0 N–H and O–H groups in total. The highest BCUT2D eigenvalue weighted by Gasteiger charge is 2.25. The van der Waals surface area contributed by atoms with Gasteiger partial charge >= 0.3 is 0 Å². The number of likely N-dealkylation sites (tertiary alicyclic amines) is 1. The number of aromatic nitrogens is 2. The fourth-order valence-electron chi connectivity index (χ4n) is 3.47. The van der Waals surface area contributed by atoms with Crippen LogP contribution in [0, 0.1) is 0 Å². The molecule has 1 saturated heterocycles. The van der Waals surface area contributed by atoms with Crippen molar-refractivity contribution in [1.82, 2.24) is 14.7 Å². The van der Waals surface area contributed by atoms with Crippen molar-refractivity contribution < 1.29 is 0 Å². The minimum absolute atomic E-state index is 0.538. The molecule has 1 aromatic heterocycles. The molecule has 0 bridgehead atoms. The zero-order chi connectivity index (χ0) is 15.5. The molecule has 2 heterocycles. The first-order chi connectivity index (χ1) is 11.4. The molecular formula is C20H21N3. The summed E-state index contributed by atoms with van der Waals surface area (Å²) >= 11 is 0. The van der Waals surface area contributed by atoms with Gasteiger partial charge < -0.3 is 0 Å². The summed E-state index contributed by atoms with van der Waals surface area (Å²) in [6.07, 6.45) is 6.66. The van der Waals surface area contributed by atoms with Gasteiger partial charge in [-0.15, -0.1) is 0 Å². The first-order valence-electron chi connectivity index (χ1n) is 8.28. The zero-order valence-electron chi connectivity index (χ0n) is 13.2. The lowest BCUT2D eigenvalue weighted by Crippen LogP contribution is -2.22. The molecule has 2 aromatic carbocycles. The van der Waals surface area contributed by atoms with Crippen LogP contribution in [0.5, 0.6) is 0 Å². The highest BCUT2D eigenvalue weighted by molar-refractivity contribution is 5.31. The van der Waals surface area contributed by atoms with Gasteiger partial charge in [-0.05, 0) is 37.1 Å². The van der Waals surface area contributed by atoms with Gasteiger partial charge in [-0.1, -0.05) is 48.5 Å². The SMILES string of the molecule is c1ccc(C2CCCN2Cc2cnn(-c3ccccc3)c2)cc1. The molecule has 1 unspecified atom stereocenters. The van der Waals surface area contributed by atoms with Crippen molar-refractivity contribution in [2.75, 3.05) is 6.54 Å². The summed E-state index contributed by atoms with van der Waals surface area (Å²) in [4.78, 5) is 2.57. The summed E-state index contributed by atoms with van der Waals surface area (Å²) in [5.74, 6) is 0. The number of hydrogen-bond donors (Lipinski definition) is 0. The highest BCUT2D eigenvalue weighted by atomic mass is 15.3. The van der Waals surface area contributed by atoms with E-state index in [1.165, 1.54) is 24.0 Å². The lowest BCUT2D eigenvalue weighted by atomic mass is 10.0. The van der Waals surface area contributed by atoms with Crippen molar-refractivity contribution in [3.63, 3.8) is 0 Å². The molecule has 1 aliphatic heterocycles. The fraction of sp³-hybridized carbons (Fsp3) is 0.250. The standard InChI is InChI=1S/C20H21N3/c1-3-8-18(9-4-1)20-12-7-13-22(20)15-17-14-21-23(16-17)19-10-5-2-6-11-19/h1-6,8-11,14,16,20H,7,12-13,15H2. The van der Waals surface area contributed by atoms with Gasteiger partial charge in [0, 0.05) is 24.3 Å². The Labute approximate surface area is 137 Å². The van der Waals surface area contributed by atoms with Crippen LogP contribution in [0.3, 0.4) is 0 Å². The van der Waals surface area contributed by atoms with E-state index in [0.29, 0.717) is 6.04 Å². The Kier molecular flexibility index (Phi) is 3.95. The zero-order valence-corrected chi connectivity index (χ0v) is 13.2. The second-order valence-electron chi connectivity index (χ2n) is 6.17. The van der Waals surface area contributed by atoms with Crippen molar-refractivity contribution in [3.05, 3.63) is 84.2 Å². The van der Waals surface area contributed by atoms with Crippen LogP contribution in [-0.4, -0.2) is 21.2 Å². The summed E-state index contributed by atoms with van der Waals surface area (Å²) in [7, 11) is 0. The average Bonchev–Trinajstić information content (AvgIpc) is 3.26. The molecule has 23 heavy (non-hydrogen) atoms. The summed E-state index contributed by atoms with van der Waals surface area (Å²) in [5.41, 5.74) is 3.82. The normalized spacial score (nSPS) is 18.3. The highest BCUT2D eigenvalue weighted by Crippen LogP contribution is 2.32. The quantitative estimate of drug-likeness (QED) is 0.720.